The third kappa shape index (κ3) is 6.88. The molecule has 0 radical (unpaired) electrons. The summed E-state index contributed by atoms with van der Waals surface area (Å²) in [5.41, 5.74) is 0.710. The Balaban J connectivity index is 0.000000383. The minimum absolute atomic E-state index is 0.0324. The number of ether oxygens (including phenoxy) is 1. The Morgan fingerprint density at radius 1 is 1.18 bits per heavy atom. The number of benzene rings is 1. The zero-order valence-corrected chi connectivity index (χ0v) is 17.5. The molecule has 0 spiro atoms. The van der Waals surface area contributed by atoms with Gasteiger partial charge in [-0.3, -0.25) is 4.79 Å². The van der Waals surface area contributed by atoms with Crippen molar-refractivity contribution in [3.8, 4) is 0 Å². The number of carbonyl (C=O) groups is 2. The van der Waals surface area contributed by atoms with Crippen LogP contribution in [-0.4, -0.2) is 65.4 Å². The highest BCUT2D eigenvalue weighted by atomic mass is 19.4. The van der Waals surface area contributed by atoms with Crippen LogP contribution in [0.3, 0.4) is 0 Å². The van der Waals surface area contributed by atoms with Crippen LogP contribution in [0.4, 0.5) is 23.4 Å². The number of halogens is 4. The lowest BCUT2D eigenvalue weighted by Crippen LogP contribution is -2.33. The van der Waals surface area contributed by atoms with E-state index in [0.29, 0.717) is 37.1 Å². The summed E-state index contributed by atoms with van der Waals surface area (Å²) in [6, 6.07) is 12.0. The van der Waals surface area contributed by atoms with Gasteiger partial charge in [0.1, 0.15) is 11.6 Å². The number of anilines is 1. The molecule has 0 saturated carbocycles. The monoisotopic (exact) mass is 469 g/mol. The molecule has 2 N–H and O–H groups in total. The van der Waals surface area contributed by atoms with E-state index in [4.69, 9.17) is 14.6 Å². The summed E-state index contributed by atoms with van der Waals surface area (Å²) in [5.74, 6) is -1.49. The summed E-state index contributed by atoms with van der Waals surface area (Å²) in [4.78, 5) is 27.6. The van der Waals surface area contributed by atoms with Crippen LogP contribution in [-0.2, 0) is 20.7 Å². The summed E-state index contributed by atoms with van der Waals surface area (Å²) < 4.78 is 51.0. The fourth-order valence-electron chi connectivity index (χ4n) is 3.85. The molecule has 3 heterocycles. The van der Waals surface area contributed by atoms with Crippen LogP contribution in [0.15, 0.2) is 48.7 Å². The van der Waals surface area contributed by atoms with E-state index < -0.39 is 12.1 Å². The van der Waals surface area contributed by atoms with Gasteiger partial charge in [0.15, 0.2) is 0 Å². The fraction of sp³-hybridized carbons (Fsp3) is 0.409. The molecule has 3 atom stereocenters. The molecule has 178 valence electrons. The summed E-state index contributed by atoms with van der Waals surface area (Å²) >= 11 is 0. The lowest BCUT2D eigenvalue weighted by atomic mass is 9.93. The van der Waals surface area contributed by atoms with E-state index in [-0.39, 0.29) is 24.2 Å². The maximum atomic E-state index is 13.3. The largest absolute Gasteiger partial charge is 0.490 e. The number of aromatic nitrogens is 1. The van der Waals surface area contributed by atoms with Crippen LogP contribution in [0.25, 0.3) is 0 Å². The number of carboxylic acids is 1. The van der Waals surface area contributed by atoms with E-state index in [1.165, 1.54) is 12.1 Å². The molecule has 7 nitrogen and oxygen atoms in total. The normalized spacial score (nSPS) is 21.7. The third-order valence-electron chi connectivity index (χ3n) is 5.49. The molecule has 4 rings (SSSR count). The molecule has 33 heavy (non-hydrogen) atoms. The van der Waals surface area contributed by atoms with Crippen LogP contribution in [0.5, 0.6) is 0 Å². The van der Waals surface area contributed by atoms with Gasteiger partial charge in [-0.1, -0.05) is 18.2 Å². The van der Waals surface area contributed by atoms with E-state index in [9.17, 15) is 22.4 Å². The van der Waals surface area contributed by atoms with Gasteiger partial charge in [0.2, 0.25) is 5.91 Å². The molecule has 0 bridgehead atoms. The first-order chi connectivity index (χ1) is 15.6. The number of rotatable bonds is 5. The highest BCUT2D eigenvalue weighted by Crippen LogP contribution is 2.34. The van der Waals surface area contributed by atoms with E-state index >= 15 is 0 Å². The maximum absolute atomic E-state index is 13.3. The Kier molecular flexibility index (Phi) is 7.85. The molecule has 1 aromatic heterocycles. The first-order valence-electron chi connectivity index (χ1n) is 10.2. The number of alkyl halides is 3. The van der Waals surface area contributed by atoms with Crippen LogP contribution in [0, 0.1) is 17.7 Å². The lowest BCUT2D eigenvalue weighted by molar-refractivity contribution is -0.192. The fourth-order valence-corrected chi connectivity index (χ4v) is 3.85. The first-order valence-corrected chi connectivity index (χ1v) is 10.2. The molecular formula is C22H23F4N3O4. The highest BCUT2D eigenvalue weighted by Gasteiger charge is 2.44. The van der Waals surface area contributed by atoms with Crippen molar-refractivity contribution in [3.63, 3.8) is 0 Å². The molecule has 0 unspecified atom stereocenters. The van der Waals surface area contributed by atoms with Gasteiger partial charge < -0.3 is 20.1 Å². The van der Waals surface area contributed by atoms with Gasteiger partial charge in [-0.2, -0.15) is 13.2 Å². The zero-order valence-electron chi connectivity index (χ0n) is 17.5. The van der Waals surface area contributed by atoms with Crippen molar-refractivity contribution in [2.24, 2.45) is 11.8 Å². The molecule has 2 aliphatic heterocycles. The predicted octanol–water partition coefficient (Wildman–Crippen LogP) is 2.98. The average molecular weight is 469 g/mol. The van der Waals surface area contributed by atoms with Crippen molar-refractivity contribution in [1.29, 1.82) is 0 Å². The molecular weight excluding hydrogens is 446 g/mol. The van der Waals surface area contributed by atoms with Crippen molar-refractivity contribution in [1.82, 2.24) is 9.88 Å². The summed E-state index contributed by atoms with van der Waals surface area (Å²) in [6.07, 6.45) is -2.99. The molecule has 1 amide bonds. The SMILES string of the molecule is O=C(Cc1cccc(F)c1)N1C[C@@H]2[C@H](CNc3ccccn3)CO[C@@H]2C1.O=C(O)C(F)(F)F. The number of aliphatic carboxylic acids is 1. The standard InChI is InChI=1S/C20H22FN3O2.C2HF3O2/c21-16-5-3-4-14(8-16)9-20(25)24-11-17-15(13-26-18(17)12-24)10-23-19-6-1-2-7-22-19;3-2(4,5)1(6)7/h1-8,15,17-18H,9-13H2,(H,22,23);(H,6,7)/t15-,17-,18-;/m1./s1. The number of pyridine rings is 1. The number of hydrogen-bond acceptors (Lipinski definition) is 5. The number of nitrogens with one attached hydrogen (secondary N) is 1. The highest BCUT2D eigenvalue weighted by molar-refractivity contribution is 5.79. The molecule has 2 aromatic rings. The van der Waals surface area contributed by atoms with Crippen LogP contribution in [0.1, 0.15) is 5.56 Å². The van der Waals surface area contributed by atoms with Crippen molar-refractivity contribution in [2.75, 3.05) is 31.6 Å². The van der Waals surface area contributed by atoms with Gasteiger partial charge in [-0.25, -0.2) is 14.2 Å². The van der Waals surface area contributed by atoms with Gasteiger partial charge in [-0.15, -0.1) is 0 Å². The molecule has 0 aliphatic carbocycles. The minimum Gasteiger partial charge on any atom is -0.475 e. The summed E-state index contributed by atoms with van der Waals surface area (Å²) in [7, 11) is 0. The predicted molar refractivity (Wildman–Crippen MR) is 110 cm³/mol. The quantitative estimate of drug-likeness (QED) is 0.655. The van der Waals surface area contributed by atoms with E-state index in [0.717, 1.165) is 12.4 Å². The molecule has 2 saturated heterocycles. The Labute approximate surface area is 187 Å². The zero-order chi connectivity index (χ0) is 24.0. The third-order valence-corrected chi connectivity index (χ3v) is 5.49. The number of amides is 1. The van der Waals surface area contributed by atoms with Gasteiger partial charge in [0.05, 0.1) is 19.1 Å². The number of carbonyl (C=O) groups excluding carboxylic acids is 1. The van der Waals surface area contributed by atoms with Gasteiger partial charge in [0, 0.05) is 37.7 Å². The number of carboxylic acid groups (broad SMARTS) is 1. The van der Waals surface area contributed by atoms with E-state index in [1.807, 2.05) is 23.1 Å². The smallest absolute Gasteiger partial charge is 0.475 e. The van der Waals surface area contributed by atoms with Crippen molar-refractivity contribution in [2.45, 2.75) is 18.7 Å². The number of likely N-dealkylation sites (tertiary alicyclic amines) is 1. The van der Waals surface area contributed by atoms with E-state index in [1.54, 1.807) is 18.3 Å². The van der Waals surface area contributed by atoms with Gasteiger partial charge in [-0.05, 0) is 29.8 Å². The first kappa shape index (κ1) is 24.4. The number of nitrogens with zero attached hydrogens (tertiary/aromatic N) is 2. The molecule has 2 fully saturated rings. The Hall–Kier alpha value is -3.21. The van der Waals surface area contributed by atoms with Crippen molar-refractivity contribution in [3.05, 3.63) is 60.0 Å². The second-order valence-corrected chi connectivity index (χ2v) is 7.80. The van der Waals surface area contributed by atoms with Crippen molar-refractivity contribution >= 4 is 17.7 Å². The maximum Gasteiger partial charge on any atom is 0.490 e. The Morgan fingerprint density at radius 2 is 1.94 bits per heavy atom. The number of fused-ring (bicyclic) bond motifs is 1. The summed E-state index contributed by atoms with van der Waals surface area (Å²) in [6.45, 7) is 2.82. The summed E-state index contributed by atoms with van der Waals surface area (Å²) in [5, 5.41) is 10.5. The average Bonchev–Trinajstić information content (AvgIpc) is 3.34. The molecule has 1 aromatic carbocycles. The van der Waals surface area contributed by atoms with Gasteiger partial charge in [0.25, 0.3) is 0 Å². The molecule has 11 heteroatoms. The Morgan fingerprint density at radius 3 is 2.58 bits per heavy atom. The van der Waals surface area contributed by atoms with Crippen molar-refractivity contribution < 1.29 is 37.0 Å². The topological polar surface area (TPSA) is 91.8 Å². The van der Waals surface area contributed by atoms with Crippen LogP contribution in [0.2, 0.25) is 0 Å². The van der Waals surface area contributed by atoms with E-state index in [2.05, 4.69) is 10.3 Å². The second-order valence-electron chi connectivity index (χ2n) is 7.80. The lowest BCUT2D eigenvalue weighted by Gasteiger charge is -2.20. The minimum atomic E-state index is -5.08. The van der Waals surface area contributed by atoms with Crippen LogP contribution >= 0.6 is 0 Å². The van der Waals surface area contributed by atoms with Crippen LogP contribution < -0.4 is 5.32 Å². The Bertz CT molecular complexity index is 958. The van der Waals surface area contributed by atoms with Gasteiger partial charge >= 0.3 is 12.1 Å². The second kappa shape index (κ2) is 10.6. The molecule has 2 aliphatic rings. The number of hydrogen-bond donors (Lipinski definition) is 2.